The second-order valence-corrected chi connectivity index (χ2v) is 6.08. The number of nitrogens with one attached hydrogen (secondary N) is 3. The summed E-state index contributed by atoms with van der Waals surface area (Å²) >= 11 is 0. The largest absolute Gasteiger partial charge is 0.497 e. The van der Waals surface area contributed by atoms with Gasteiger partial charge in [-0.25, -0.2) is 0 Å². The Kier molecular flexibility index (Phi) is 8.33. The molecule has 0 aliphatic carbocycles. The zero-order valence-corrected chi connectivity index (χ0v) is 17.0. The number of carbonyl (C=O) groups is 1. The SMILES string of the molecule is CCc1noc(CC)c1CNC(=NC)NCCNC(=O)c1ccc(OC)cc1. The van der Waals surface area contributed by atoms with Crippen LogP contribution in [0.5, 0.6) is 5.75 Å². The van der Waals surface area contributed by atoms with E-state index in [0.29, 0.717) is 31.2 Å². The third-order valence-corrected chi connectivity index (χ3v) is 4.32. The van der Waals surface area contributed by atoms with E-state index in [4.69, 9.17) is 9.26 Å². The van der Waals surface area contributed by atoms with Crippen molar-refractivity contribution in [3.8, 4) is 5.75 Å². The number of aliphatic imine (C=N–C) groups is 1. The molecule has 0 saturated carbocycles. The van der Waals surface area contributed by atoms with Crippen LogP contribution in [-0.4, -0.2) is 44.3 Å². The number of benzene rings is 1. The van der Waals surface area contributed by atoms with E-state index < -0.39 is 0 Å². The van der Waals surface area contributed by atoms with Crippen molar-refractivity contribution in [3.05, 3.63) is 46.8 Å². The number of aryl methyl sites for hydroxylation is 2. The highest BCUT2D eigenvalue weighted by molar-refractivity contribution is 5.94. The topological polar surface area (TPSA) is 101 Å². The normalized spacial score (nSPS) is 11.2. The smallest absolute Gasteiger partial charge is 0.251 e. The number of carbonyl (C=O) groups excluding carboxylic acids is 1. The van der Waals surface area contributed by atoms with Gasteiger partial charge in [0, 0.05) is 44.2 Å². The van der Waals surface area contributed by atoms with E-state index >= 15 is 0 Å². The Hall–Kier alpha value is -3.03. The summed E-state index contributed by atoms with van der Waals surface area (Å²) in [6, 6.07) is 6.99. The van der Waals surface area contributed by atoms with E-state index in [0.717, 1.165) is 35.6 Å². The first-order valence-corrected chi connectivity index (χ1v) is 9.45. The van der Waals surface area contributed by atoms with E-state index in [2.05, 4.69) is 33.0 Å². The maximum absolute atomic E-state index is 12.1. The summed E-state index contributed by atoms with van der Waals surface area (Å²) in [5, 5.41) is 13.4. The van der Waals surface area contributed by atoms with Gasteiger partial charge in [-0.15, -0.1) is 0 Å². The van der Waals surface area contributed by atoms with Gasteiger partial charge in [0.15, 0.2) is 5.96 Å². The zero-order valence-electron chi connectivity index (χ0n) is 17.0. The highest BCUT2D eigenvalue weighted by Crippen LogP contribution is 2.15. The number of ether oxygens (including phenoxy) is 1. The molecule has 1 aromatic heterocycles. The molecule has 0 spiro atoms. The Balaban J connectivity index is 1.76. The van der Waals surface area contributed by atoms with Crippen molar-refractivity contribution in [1.29, 1.82) is 0 Å². The van der Waals surface area contributed by atoms with Crippen LogP contribution in [0.3, 0.4) is 0 Å². The van der Waals surface area contributed by atoms with Gasteiger partial charge >= 0.3 is 0 Å². The summed E-state index contributed by atoms with van der Waals surface area (Å²) in [4.78, 5) is 16.3. The standard InChI is InChI=1S/C20H29N5O3/c1-5-17-16(18(6-2)28-25-17)13-24-20(21-3)23-12-11-22-19(26)14-7-9-15(27-4)10-8-14/h7-10H,5-6,11-13H2,1-4H3,(H,22,26)(H2,21,23,24). The molecule has 2 aromatic rings. The van der Waals surface area contributed by atoms with E-state index in [1.807, 2.05) is 6.92 Å². The zero-order chi connectivity index (χ0) is 20.4. The summed E-state index contributed by atoms with van der Waals surface area (Å²) < 4.78 is 10.5. The molecule has 0 unspecified atom stereocenters. The van der Waals surface area contributed by atoms with Crippen molar-refractivity contribution in [3.63, 3.8) is 0 Å². The molecule has 28 heavy (non-hydrogen) atoms. The molecule has 0 aliphatic heterocycles. The first-order valence-electron chi connectivity index (χ1n) is 9.45. The fraction of sp³-hybridized carbons (Fsp3) is 0.450. The maximum Gasteiger partial charge on any atom is 0.251 e. The number of methoxy groups -OCH3 is 1. The second kappa shape index (κ2) is 11.0. The summed E-state index contributed by atoms with van der Waals surface area (Å²) in [6.07, 6.45) is 1.62. The molecule has 1 amide bonds. The van der Waals surface area contributed by atoms with E-state index in [-0.39, 0.29) is 5.91 Å². The molecule has 3 N–H and O–H groups in total. The van der Waals surface area contributed by atoms with Crippen molar-refractivity contribution in [2.45, 2.75) is 33.2 Å². The lowest BCUT2D eigenvalue weighted by atomic mass is 10.1. The van der Waals surface area contributed by atoms with Gasteiger partial charge in [-0.05, 0) is 30.7 Å². The van der Waals surface area contributed by atoms with Crippen molar-refractivity contribution in [2.24, 2.45) is 4.99 Å². The minimum atomic E-state index is -0.128. The number of amides is 1. The monoisotopic (exact) mass is 387 g/mol. The highest BCUT2D eigenvalue weighted by Gasteiger charge is 2.13. The van der Waals surface area contributed by atoms with Crippen LogP contribution >= 0.6 is 0 Å². The fourth-order valence-electron chi connectivity index (χ4n) is 2.73. The number of guanidine groups is 1. The minimum absolute atomic E-state index is 0.128. The Labute approximate surface area is 165 Å². The Bertz CT molecular complexity index is 762. The van der Waals surface area contributed by atoms with Crippen LogP contribution in [0.1, 0.15) is 41.2 Å². The first kappa shape index (κ1) is 21.3. The van der Waals surface area contributed by atoms with Crippen molar-refractivity contribution < 1.29 is 14.1 Å². The molecule has 0 fully saturated rings. The molecule has 8 heteroatoms. The van der Waals surface area contributed by atoms with Gasteiger partial charge in [0.25, 0.3) is 5.91 Å². The molecule has 1 heterocycles. The average molecular weight is 387 g/mol. The molecule has 1 aromatic carbocycles. The first-order chi connectivity index (χ1) is 13.6. The third kappa shape index (κ3) is 5.73. The molecule has 0 atom stereocenters. The van der Waals surface area contributed by atoms with Crippen molar-refractivity contribution in [1.82, 2.24) is 21.1 Å². The number of aromatic nitrogens is 1. The molecule has 0 radical (unpaired) electrons. The van der Waals surface area contributed by atoms with Gasteiger partial charge in [0.1, 0.15) is 11.5 Å². The quantitative estimate of drug-likeness (QED) is 0.345. The predicted octanol–water partition coefficient (Wildman–Crippen LogP) is 1.90. The Morgan fingerprint density at radius 3 is 2.43 bits per heavy atom. The van der Waals surface area contributed by atoms with Crippen molar-refractivity contribution in [2.75, 3.05) is 27.2 Å². The van der Waals surface area contributed by atoms with Crippen LogP contribution in [0.2, 0.25) is 0 Å². The lowest BCUT2D eigenvalue weighted by Gasteiger charge is -2.12. The van der Waals surface area contributed by atoms with Crippen LogP contribution < -0.4 is 20.7 Å². The van der Waals surface area contributed by atoms with Crippen LogP contribution in [0.4, 0.5) is 0 Å². The molecule has 0 aliphatic rings. The molecule has 0 bridgehead atoms. The van der Waals surface area contributed by atoms with Gasteiger partial charge in [0.2, 0.25) is 0 Å². The number of hydrogen-bond donors (Lipinski definition) is 3. The van der Waals surface area contributed by atoms with Crippen LogP contribution in [0, 0.1) is 0 Å². The van der Waals surface area contributed by atoms with Gasteiger partial charge in [-0.2, -0.15) is 0 Å². The molecule has 8 nitrogen and oxygen atoms in total. The molecule has 2 rings (SSSR count). The van der Waals surface area contributed by atoms with Crippen molar-refractivity contribution >= 4 is 11.9 Å². The maximum atomic E-state index is 12.1. The van der Waals surface area contributed by atoms with Gasteiger partial charge in [-0.3, -0.25) is 9.79 Å². The average Bonchev–Trinajstić information content (AvgIpc) is 3.15. The lowest BCUT2D eigenvalue weighted by Crippen LogP contribution is -2.41. The Morgan fingerprint density at radius 2 is 1.82 bits per heavy atom. The summed E-state index contributed by atoms with van der Waals surface area (Å²) in [7, 11) is 3.30. The van der Waals surface area contributed by atoms with Crippen LogP contribution in [0.15, 0.2) is 33.8 Å². The molecular formula is C20H29N5O3. The number of nitrogens with zero attached hydrogens (tertiary/aromatic N) is 2. The molecule has 0 saturated heterocycles. The third-order valence-electron chi connectivity index (χ3n) is 4.32. The summed E-state index contributed by atoms with van der Waals surface area (Å²) in [5.74, 6) is 2.14. The highest BCUT2D eigenvalue weighted by atomic mass is 16.5. The van der Waals surface area contributed by atoms with Gasteiger partial charge in [-0.1, -0.05) is 19.0 Å². The fourth-order valence-corrected chi connectivity index (χ4v) is 2.73. The lowest BCUT2D eigenvalue weighted by molar-refractivity contribution is 0.0954. The van der Waals surface area contributed by atoms with E-state index in [1.54, 1.807) is 38.4 Å². The van der Waals surface area contributed by atoms with Gasteiger partial charge in [0.05, 0.1) is 12.8 Å². The van der Waals surface area contributed by atoms with Crippen LogP contribution in [0.25, 0.3) is 0 Å². The van der Waals surface area contributed by atoms with Crippen LogP contribution in [-0.2, 0) is 19.4 Å². The van der Waals surface area contributed by atoms with E-state index in [9.17, 15) is 4.79 Å². The molecular weight excluding hydrogens is 358 g/mol. The summed E-state index contributed by atoms with van der Waals surface area (Å²) in [6.45, 7) is 5.71. The number of hydrogen-bond acceptors (Lipinski definition) is 5. The summed E-state index contributed by atoms with van der Waals surface area (Å²) in [5.41, 5.74) is 2.64. The Morgan fingerprint density at radius 1 is 1.11 bits per heavy atom. The number of rotatable bonds is 9. The second-order valence-electron chi connectivity index (χ2n) is 6.08. The van der Waals surface area contributed by atoms with E-state index in [1.165, 1.54) is 0 Å². The molecule has 152 valence electrons. The minimum Gasteiger partial charge on any atom is -0.497 e. The van der Waals surface area contributed by atoms with Gasteiger partial charge < -0.3 is 25.2 Å². The predicted molar refractivity (Wildman–Crippen MR) is 109 cm³/mol.